The summed E-state index contributed by atoms with van der Waals surface area (Å²) in [5.41, 5.74) is 6.32. The van der Waals surface area contributed by atoms with Gasteiger partial charge in [0.05, 0.1) is 5.54 Å². The quantitative estimate of drug-likeness (QED) is 0.820. The lowest BCUT2D eigenvalue weighted by Gasteiger charge is -2.34. The fourth-order valence-electron chi connectivity index (χ4n) is 3.71. The Morgan fingerprint density at radius 3 is 2.70 bits per heavy atom. The van der Waals surface area contributed by atoms with Crippen molar-refractivity contribution in [1.29, 1.82) is 0 Å². The Kier molecular flexibility index (Phi) is 5.42. The lowest BCUT2D eigenvalue weighted by molar-refractivity contribution is 0.229. The Morgan fingerprint density at radius 2 is 2.07 bits per heavy atom. The lowest BCUT2D eigenvalue weighted by Crippen LogP contribution is -2.44. The summed E-state index contributed by atoms with van der Waals surface area (Å²) in [6, 6.07) is 1.61. The second-order valence-corrected chi connectivity index (χ2v) is 9.65. The molecular formula is C17H26ClN5O3S. The third-order valence-corrected chi connectivity index (χ3v) is 7.40. The zero-order valence-electron chi connectivity index (χ0n) is 15.6. The molecular weight excluding hydrogens is 390 g/mol. The van der Waals surface area contributed by atoms with Crippen LogP contribution in [0.25, 0.3) is 11.6 Å². The van der Waals surface area contributed by atoms with Crippen molar-refractivity contribution in [2.75, 3.05) is 13.1 Å². The molecule has 0 bridgehead atoms. The van der Waals surface area contributed by atoms with E-state index in [4.69, 9.17) is 10.3 Å². The molecule has 1 aliphatic carbocycles. The van der Waals surface area contributed by atoms with Gasteiger partial charge in [0.2, 0.25) is 10.0 Å². The monoisotopic (exact) mass is 415 g/mol. The molecule has 2 aliphatic rings. The molecule has 27 heavy (non-hydrogen) atoms. The van der Waals surface area contributed by atoms with Gasteiger partial charge in [-0.3, -0.25) is 0 Å². The summed E-state index contributed by atoms with van der Waals surface area (Å²) in [4.78, 5) is 4.68. The van der Waals surface area contributed by atoms with Gasteiger partial charge in [-0.25, -0.2) is 8.42 Å². The van der Waals surface area contributed by atoms with Crippen molar-refractivity contribution in [2.45, 2.75) is 49.5 Å². The number of aryl methyl sites for hydroxylation is 1. The van der Waals surface area contributed by atoms with E-state index in [1.54, 1.807) is 28.2 Å². The Balaban J connectivity index is 0.00000210. The highest BCUT2D eigenvalue weighted by Crippen LogP contribution is 2.38. The third-order valence-electron chi connectivity index (χ3n) is 5.57. The van der Waals surface area contributed by atoms with Crippen LogP contribution in [0.2, 0.25) is 0 Å². The van der Waals surface area contributed by atoms with Crippen LogP contribution in [0.15, 0.2) is 21.7 Å². The van der Waals surface area contributed by atoms with Gasteiger partial charge >= 0.3 is 0 Å². The van der Waals surface area contributed by atoms with Crippen molar-refractivity contribution in [3.63, 3.8) is 0 Å². The standard InChI is InChI=1S/C17H25N5O3S.ClH/c1-12-5-3-8-22(10-12)26(23,24)13-9-14(21(2)11-13)15-19-16(20-25-15)17(18)6-4-7-17;/h9,11-12H,3-8,10,18H2,1-2H3;1H. The number of halogens is 1. The van der Waals surface area contributed by atoms with E-state index < -0.39 is 15.6 Å². The molecule has 1 unspecified atom stereocenters. The molecule has 10 heteroatoms. The van der Waals surface area contributed by atoms with Gasteiger partial charge in [0.15, 0.2) is 5.82 Å². The minimum absolute atomic E-state index is 0. The van der Waals surface area contributed by atoms with E-state index in [1.165, 1.54) is 0 Å². The topological polar surface area (TPSA) is 107 Å². The molecule has 3 heterocycles. The summed E-state index contributed by atoms with van der Waals surface area (Å²) in [6.07, 6.45) is 6.30. The molecule has 0 spiro atoms. The predicted molar refractivity (Wildman–Crippen MR) is 103 cm³/mol. The molecule has 2 aromatic rings. The number of nitrogens with two attached hydrogens (primary N) is 1. The Hall–Kier alpha value is -1.42. The summed E-state index contributed by atoms with van der Waals surface area (Å²) >= 11 is 0. The van der Waals surface area contributed by atoms with E-state index in [0.717, 1.165) is 32.1 Å². The van der Waals surface area contributed by atoms with Crippen molar-refractivity contribution < 1.29 is 12.9 Å². The van der Waals surface area contributed by atoms with Gasteiger partial charge in [0, 0.05) is 26.3 Å². The number of hydrogen-bond acceptors (Lipinski definition) is 6. The second-order valence-electron chi connectivity index (χ2n) is 7.72. The van der Waals surface area contributed by atoms with Crippen LogP contribution >= 0.6 is 12.4 Å². The lowest BCUT2D eigenvalue weighted by atomic mass is 9.77. The first-order valence-electron chi connectivity index (χ1n) is 9.09. The van der Waals surface area contributed by atoms with Crippen molar-refractivity contribution in [2.24, 2.45) is 18.7 Å². The molecule has 1 aliphatic heterocycles. The van der Waals surface area contributed by atoms with Crippen LogP contribution in [0, 0.1) is 5.92 Å². The van der Waals surface area contributed by atoms with Crippen LogP contribution in [0.4, 0.5) is 0 Å². The number of sulfonamides is 1. The largest absolute Gasteiger partial charge is 0.345 e. The first-order valence-corrected chi connectivity index (χ1v) is 10.5. The smallest absolute Gasteiger partial charge is 0.274 e. The van der Waals surface area contributed by atoms with Crippen molar-refractivity contribution in [3.05, 3.63) is 18.1 Å². The zero-order chi connectivity index (χ0) is 18.5. The number of rotatable bonds is 4. The van der Waals surface area contributed by atoms with Gasteiger partial charge in [-0.1, -0.05) is 12.1 Å². The predicted octanol–water partition coefficient (Wildman–Crippen LogP) is 2.26. The average Bonchev–Trinajstić information content (AvgIpc) is 3.19. The number of piperidine rings is 1. The van der Waals surface area contributed by atoms with Crippen LogP contribution in [0.5, 0.6) is 0 Å². The summed E-state index contributed by atoms with van der Waals surface area (Å²) in [5.74, 6) is 1.17. The van der Waals surface area contributed by atoms with Gasteiger partial charge in [0.25, 0.3) is 5.89 Å². The molecule has 2 fully saturated rings. The zero-order valence-corrected chi connectivity index (χ0v) is 17.2. The molecule has 2 aromatic heterocycles. The fraction of sp³-hybridized carbons (Fsp3) is 0.647. The average molecular weight is 416 g/mol. The summed E-state index contributed by atoms with van der Waals surface area (Å²) in [5, 5.41) is 4.01. The second kappa shape index (κ2) is 7.20. The van der Waals surface area contributed by atoms with Gasteiger partial charge in [-0.05, 0) is 44.1 Å². The summed E-state index contributed by atoms with van der Waals surface area (Å²) < 4.78 is 34.6. The first kappa shape index (κ1) is 20.3. The van der Waals surface area contributed by atoms with Crippen molar-refractivity contribution >= 4 is 22.4 Å². The third kappa shape index (κ3) is 3.53. The van der Waals surface area contributed by atoms with Crippen LogP contribution in [-0.2, 0) is 22.6 Å². The summed E-state index contributed by atoms with van der Waals surface area (Å²) in [7, 11) is -1.75. The van der Waals surface area contributed by atoms with Crippen molar-refractivity contribution in [1.82, 2.24) is 19.0 Å². The maximum absolute atomic E-state index is 13.0. The molecule has 0 radical (unpaired) electrons. The van der Waals surface area contributed by atoms with E-state index >= 15 is 0 Å². The number of aromatic nitrogens is 3. The maximum atomic E-state index is 13.0. The highest BCUT2D eigenvalue weighted by Gasteiger charge is 2.39. The van der Waals surface area contributed by atoms with Crippen LogP contribution in [0.3, 0.4) is 0 Å². The fourth-order valence-corrected chi connectivity index (χ4v) is 5.38. The highest BCUT2D eigenvalue weighted by molar-refractivity contribution is 7.89. The molecule has 1 saturated heterocycles. The SMILES string of the molecule is CC1CCCN(S(=O)(=O)c2cc(-c3nc(C4(N)CCC4)no3)n(C)c2)C1.Cl. The molecule has 0 aromatic carbocycles. The Labute approximate surface area is 165 Å². The molecule has 1 saturated carbocycles. The molecule has 2 N–H and O–H groups in total. The maximum Gasteiger partial charge on any atom is 0.274 e. The van der Waals surface area contributed by atoms with E-state index in [0.29, 0.717) is 36.4 Å². The molecule has 1 atom stereocenters. The molecule has 4 rings (SSSR count). The minimum atomic E-state index is -3.52. The van der Waals surface area contributed by atoms with Crippen molar-refractivity contribution in [3.8, 4) is 11.6 Å². The van der Waals surface area contributed by atoms with Gasteiger partial charge in [-0.15, -0.1) is 12.4 Å². The van der Waals surface area contributed by atoms with Crippen LogP contribution in [0.1, 0.15) is 44.9 Å². The molecule has 150 valence electrons. The molecule has 0 amide bonds. The highest BCUT2D eigenvalue weighted by atomic mass is 35.5. The first-order chi connectivity index (χ1) is 12.3. The van der Waals surface area contributed by atoms with E-state index in [-0.39, 0.29) is 17.3 Å². The van der Waals surface area contributed by atoms with Crippen LogP contribution in [-0.4, -0.2) is 40.5 Å². The normalized spacial score (nSPS) is 22.9. The Bertz CT molecular complexity index is 919. The van der Waals surface area contributed by atoms with Gasteiger partial charge in [-0.2, -0.15) is 9.29 Å². The minimum Gasteiger partial charge on any atom is -0.345 e. The molecule has 8 nitrogen and oxygen atoms in total. The van der Waals surface area contributed by atoms with Crippen LogP contribution < -0.4 is 5.73 Å². The summed E-state index contributed by atoms with van der Waals surface area (Å²) in [6.45, 7) is 3.21. The van der Waals surface area contributed by atoms with E-state index in [9.17, 15) is 8.42 Å². The Morgan fingerprint density at radius 1 is 1.33 bits per heavy atom. The number of hydrogen-bond donors (Lipinski definition) is 1. The van der Waals surface area contributed by atoms with E-state index in [1.807, 2.05) is 0 Å². The van der Waals surface area contributed by atoms with E-state index in [2.05, 4.69) is 17.1 Å². The van der Waals surface area contributed by atoms with Gasteiger partial charge in [0.1, 0.15) is 10.6 Å². The van der Waals surface area contributed by atoms with Gasteiger partial charge < -0.3 is 14.8 Å². The number of nitrogens with zero attached hydrogens (tertiary/aromatic N) is 4.